The highest BCUT2D eigenvalue weighted by Crippen LogP contribution is 2.34. The molecule has 2 aromatic carbocycles. The summed E-state index contributed by atoms with van der Waals surface area (Å²) in [5.41, 5.74) is 3.39. The number of aryl methyl sites for hydroxylation is 1. The van der Waals surface area contributed by atoms with Gasteiger partial charge in [-0.05, 0) is 42.2 Å². The zero-order chi connectivity index (χ0) is 13.1. The van der Waals surface area contributed by atoms with E-state index in [4.69, 9.17) is 0 Å². The predicted octanol–water partition coefficient (Wildman–Crippen LogP) is 5.58. The maximum absolute atomic E-state index is 13.1. The van der Waals surface area contributed by atoms with E-state index in [1.807, 2.05) is 12.1 Å². The molecule has 0 bridgehead atoms. The van der Waals surface area contributed by atoms with E-state index in [1.165, 1.54) is 17.2 Å². The summed E-state index contributed by atoms with van der Waals surface area (Å²) in [5, 5.41) is 0. The van der Waals surface area contributed by atoms with Gasteiger partial charge < -0.3 is 0 Å². The van der Waals surface area contributed by atoms with E-state index in [-0.39, 0.29) is 10.6 Å². The van der Waals surface area contributed by atoms with Crippen LogP contribution in [0, 0.1) is 12.7 Å². The van der Waals surface area contributed by atoms with Crippen LogP contribution in [0.1, 0.15) is 21.5 Å². The second-order valence-electron chi connectivity index (χ2n) is 4.28. The molecular formula is C15H13Br2F. The first-order valence-corrected chi connectivity index (χ1v) is 7.42. The van der Waals surface area contributed by atoms with Crippen molar-refractivity contribution in [1.29, 1.82) is 0 Å². The highest BCUT2D eigenvalue weighted by Gasteiger charge is 2.13. The second kappa shape index (κ2) is 5.98. The first-order chi connectivity index (χ1) is 8.58. The number of alkyl halides is 1. The molecule has 2 aromatic rings. The fourth-order valence-electron chi connectivity index (χ4n) is 1.89. The quantitative estimate of drug-likeness (QED) is 0.618. The molecule has 0 radical (unpaired) electrons. The number of halogens is 3. The Balaban J connectivity index is 2.22. The lowest BCUT2D eigenvalue weighted by atomic mass is 10.0. The summed E-state index contributed by atoms with van der Waals surface area (Å²) in [6, 6.07) is 12.9. The van der Waals surface area contributed by atoms with E-state index in [9.17, 15) is 4.39 Å². The fourth-order valence-corrected chi connectivity index (χ4v) is 3.50. The lowest BCUT2D eigenvalue weighted by Gasteiger charge is -2.14. The van der Waals surface area contributed by atoms with E-state index >= 15 is 0 Å². The molecule has 1 atom stereocenters. The summed E-state index contributed by atoms with van der Waals surface area (Å²) in [6.07, 6.45) is 0.764. The van der Waals surface area contributed by atoms with Crippen LogP contribution in [-0.4, -0.2) is 0 Å². The first kappa shape index (κ1) is 13.8. The van der Waals surface area contributed by atoms with Crippen LogP contribution in [0.25, 0.3) is 0 Å². The van der Waals surface area contributed by atoms with E-state index in [1.54, 1.807) is 12.1 Å². The Kier molecular flexibility index (Phi) is 4.57. The summed E-state index contributed by atoms with van der Waals surface area (Å²) in [7, 11) is 0. The molecule has 0 heterocycles. The van der Waals surface area contributed by atoms with Crippen LogP contribution in [0.3, 0.4) is 0 Å². The van der Waals surface area contributed by atoms with Gasteiger partial charge in [0.1, 0.15) is 5.82 Å². The minimum atomic E-state index is -0.185. The van der Waals surface area contributed by atoms with Gasteiger partial charge in [0, 0.05) is 9.30 Å². The molecule has 0 aromatic heterocycles. The van der Waals surface area contributed by atoms with E-state index in [0.717, 1.165) is 16.5 Å². The Hall–Kier alpha value is -0.670. The molecule has 0 saturated heterocycles. The van der Waals surface area contributed by atoms with E-state index in [0.29, 0.717) is 0 Å². The van der Waals surface area contributed by atoms with Gasteiger partial charge in [-0.15, -0.1) is 0 Å². The molecule has 0 aliphatic carbocycles. The topological polar surface area (TPSA) is 0 Å². The van der Waals surface area contributed by atoms with Gasteiger partial charge in [0.05, 0.1) is 0 Å². The molecule has 0 spiro atoms. The maximum Gasteiger partial charge on any atom is 0.123 e. The third-order valence-corrected chi connectivity index (χ3v) is 4.76. The summed E-state index contributed by atoms with van der Waals surface area (Å²) in [4.78, 5) is 0.175. The van der Waals surface area contributed by atoms with Crippen molar-refractivity contribution >= 4 is 31.9 Å². The van der Waals surface area contributed by atoms with Gasteiger partial charge in [-0.25, -0.2) is 4.39 Å². The van der Waals surface area contributed by atoms with Crippen molar-refractivity contribution in [2.75, 3.05) is 0 Å². The fraction of sp³-hybridized carbons (Fsp3) is 0.200. The zero-order valence-corrected chi connectivity index (χ0v) is 13.1. The summed E-state index contributed by atoms with van der Waals surface area (Å²) in [6.45, 7) is 2.06. The Morgan fingerprint density at radius 1 is 1.17 bits per heavy atom. The Labute approximate surface area is 123 Å². The third kappa shape index (κ3) is 3.21. The molecule has 1 unspecified atom stereocenters. The van der Waals surface area contributed by atoms with Crippen molar-refractivity contribution in [1.82, 2.24) is 0 Å². The van der Waals surface area contributed by atoms with Gasteiger partial charge in [-0.2, -0.15) is 0 Å². The molecule has 0 N–H and O–H groups in total. The van der Waals surface area contributed by atoms with Crippen molar-refractivity contribution in [3.63, 3.8) is 0 Å². The Morgan fingerprint density at radius 2 is 1.89 bits per heavy atom. The molecule has 2 rings (SSSR count). The second-order valence-corrected chi connectivity index (χ2v) is 6.18. The van der Waals surface area contributed by atoms with Crippen LogP contribution >= 0.6 is 31.9 Å². The SMILES string of the molecule is Cc1cccc(C(Br)Cc2cccc(F)c2)c1Br. The monoisotopic (exact) mass is 370 g/mol. The first-order valence-electron chi connectivity index (χ1n) is 5.71. The van der Waals surface area contributed by atoms with Crippen LogP contribution in [0.5, 0.6) is 0 Å². The lowest BCUT2D eigenvalue weighted by molar-refractivity contribution is 0.625. The smallest absolute Gasteiger partial charge is 0.123 e. The number of rotatable bonds is 3. The van der Waals surface area contributed by atoms with Crippen LogP contribution in [0.2, 0.25) is 0 Å². The van der Waals surface area contributed by atoms with E-state index in [2.05, 4.69) is 50.9 Å². The van der Waals surface area contributed by atoms with Gasteiger partial charge in [0.25, 0.3) is 0 Å². The minimum absolute atomic E-state index is 0.175. The van der Waals surface area contributed by atoms with Gasteiger partial charge in [0.2, 0.25) is 0 Å². The molecule has 0 fully saturated rings. The molecule has 18 heavy (non-hydrogen) atoms. The summed E-state index contributed by atoms with van der Waals surface area (Å²) in [5.74, 6) is -0.185. The van der Waals surface area contributed by atoms with Crippen molar-refractivity contribution in [2.24, 2.45) is 0 Å². The normalized spacial score (nSPS) is 12.4. The molecule has 0 amide bonds. The summed E-state index contributed by atoms with van der Waals surface area (Å²) >= 11 is 7.28. The highest BCUT2D eigenvalue weighted by atomic mass is 79.9. The number of hydrogen-bond acceptors (Lipinski definition) is 0. The van der Waals surface area contributed by atoms with Crippen molar-refractivity contribution in [3.8, 4) is 0 Å². The zero-order valence-electron chi connectivity index (χ0n) is 9.96. The molecule has 0 aliphatic heterocycles. The average molecular weight is 372 g/mol. The lowest BCUT2D eigenvalue weighted by Crippen LogP contribution is -1.98. The van der Waals surface area contributed by atoms with Gasteiger partial charge in [-0.1, -0.05) is 62.2 Å². The summed E-state index contributed by atoms with van der Waals surface area (Å²) < 4.78 is 14.3. The maximum atomic E-state index is 13.1. The van der Waals surface area contributed by atoms with Gasteiger partial charge >= 0.3 is 0 Å². The number of benzene rings is 2. The molecule has 0 saturated carbocycles. The molecule has 94 valence electrons. The molecular weight excluding hydrogens is 359 g/mol. The van der Waals surface area contributed by atoms with Crippen molar-refractivity contribution in [2.45, 2.75) is 18.2 Å². The van der Waals surface area contributed by atoms with Gasteiger partial charge in [0.15, 0.2) is 0 Å². The third-order valence-electron chi connectivity index (χ3n) is 2.86. The van der Waals surface area contributed by atoms with Crippen molar-refractivity contribution in [3.05, 3.63) is 69.4 Å². The minimum Gasteiger partial charge on any atom is -0.207 e. The molecule has 3 heteroatoms. The largest absolute Gasteiger partial charge is 0.207 e. The predicted molar refractivity (Wildman–Crippen MR) is 80.7 cm³/mol. The van der Waals surface area contributed by atoms with Crippen LogP contribution in [0.4, 0.5) is 4.39 Å². The van der Waals surface area contributed by atoms with Crippen LogP contribution < -0.4 is 0 Å². The Bertz CT molecular complexity index is 552. The van der Waals surface area contributed by atoms with Crippen molar-refractivity contribution < 1.29 is 4.39 Å². The van der Waals surface area contributed by atoms with E-state index < -0.39 is 0 Å². The highest BCUT2D eigenvalue weighted by molar-refractivity contribution is 9.11. The van der Waals surface area contributed by atoms with Gasteiger partial charge in [-0.3, -0.25) is 0 Å². The average Bonchev–Trinajstić information content (AvgIpc) is 2.32. The number of hydrogen-bond donors (Lipinski definition) is 0. The van der Waals surface area contributed by atoms with Crippen LogP contribution in [0.15, 0.2) is 46.9 Å². The van der Waals surface area contributed by atoms with Crippen LogP contribution in [-0.2, 0) is 6.42 Å². The molecule has 0 aliphatic rings. The standard InChI is InChI=1S/C15H13Br2F/c1-10-4-2-7-13(15(10)17)14(16)9-11-5-3-6-12(18)8-11/h2-8,14H,9H2,1H3. The molecule has 0 nitrogen and oxygen atoms in total. The Morgan fingerprint density at radius 3 is 2.61 bits per heavy atom.